The van der Waals surface area contributed by atoms with E-state index in [1.54, 1.807) is 0 Å². The van der Waals surface area contributed by atoms with Crippen molar-refractivity contribution in [3.8, 4) is 0 Å². The number of carboxylic acid groups (broad SMARTS) is 1. The molecule has 1 fully saturated rings. The highest BCUT2D eigenvalue weighted by Crippen LogP contribution is 2.31. The number of hydrogen-bond acceptors (Lipinski definition) is 3. The van der Waals surface area contributed by atoms with Crippen LogP contribution in [0.3, 0.4) is 0 Å². The zero-order chi connectivity index (χ0) is 15.2. The fourth-order valence-corrected chi connectivity index (χ4v) is 2.59. The molecule has 20 heavy (non-hydrogen) atoms. The number of carboxylic acids is 1. The topological polar surface area (TPSA) is 75.6 Å². The maximum atomic E-state index is 11.5. The minimum Gasteiger partial charge on any atom is -0.481 e. The van der Waals surface area contributed by atoms with E-state index in [-0.39, 0.29) is 12.5 Å². The lowest BCUT2D eigenvalue weighted by molar-refractivity contribution is -0.137. The van der Waals surface area contributed by atoms with Crippen LogP contribution in [-0.4, -0.2) is 29.3 Å². The Balaban J connectivity index is 2.16. The fourth-order valence-electron chi connectivity index (χ4n) is 2.59. The van der Waals surface area contributed by atoms with Crippen molar-refractivity contribution in [2.75, 3.05) is 6.54 Å². The number of rotatable bonds is 5. The van der Waals surface area contributed by atoms with Crippen LogP contribution in [0.5, 0.6) is 0 Å². The second-order valence-corrected chi connectivity index (χ2v) is 6.70. The van der Waals surface area contributed by atoms with Crippen LogP contribution in [0, 0.1) is 11.8 Å². The maximum Gasteiger partial charge on any atom is 0.407 e. The molecular formula is C15H27NO4. The van der Waals surface area contributed by atoms with E-state index in [1.165, 1.54) is 0 Å². The van der Waals surface area contributed by atoms with Gasteiger partial charge in [0.15, 0.2) is 0 Å². The van der Waals surface area contributed by atoms with Crippen molar-refractivity contribution in [3.05, 3.63) is 0 Å². The molecule has 1 aliphatic carbocycles. The van der Waals surface area contributed by atoms with Gasteiger partial charge >= 0.3 is 12.1 Å². The van der Waals surface area contributed by atoms with Crippen molar-refractivity contribution in [3.63, 3.8) is 0 Å². The molecule has 1 aliphatic rings. The van der Waals surface area contributed by atoms with Gasteiger partial charge in [-0.3, -0.25) is 4.79 Å². The Hall–Kier alpha value is -1.26. The molecule has 1 rings (SSSR count). The van der Waals surface area contributed by atoms with Gasteiger partial charge in [0, 0.05) is 13.0 Å². The first kappa shape index (κ1) is 16.8. The van der Waals surface area contributed by atoms with Crippen LogP contribution in [0.25, 0.3) is 0 Å². The molecule has 0 bridgehead atoms. The van der Waals surface area contributed by atoms with Gasteiger partial charge in [0.1, 0.15) is 5.60 Å². The van der Waals surface area contributed by atoms with Crippen LogP contribution in [-0.2, 0) is 9.53 Å². The van der Waals surface area contributed by atoms with Gasteiger partial charge in [0.2, 0.25) is 0 Å². The Morgan fingerprint density at radius 1 is 1.15 bits per heavy atom. The zero-order valence-corrected chi connectivity index (χ0v) is 12.8. The number of ether oxygens (including phenoxy) is 1. The standard InChI is InChI=1S/C15H27NO4/c1-15(2,3)20-14(19)16-10-12-6-4-11(5-7-12)8-9-13(17)18/h11-12H,4-10H2,1-3H3,(H,16,19)(H,17,18)/t11-,12-. The highest BCUT2D eigenvalue weighted by Gasteiger charge is 2.23. The van der Waals surface area contributed by atoms with Crippen LogP contribution in [0.15, 0.2) is 0 Å². The lowest BCUT2D eigenvalue weighted by Gasteiger charge is -2.28. The highest BCUT2D eigenvalue weighted by molar-refractivity contribution is 5.67. The SMILES string of the molecule is CC(C)(C)OC(=O)NC[C@H]1CC[C@H](CCC(=O)O)CC1. The summed E-state index contributed by atoms with van der Waals surface area (Å²) in [4.78, 5) is 22.1. The summed E-state index contributed by atoms with van der Waals surface area (Å²) in [6.45, 7) is 6.20. The smallest absolute Gasteiger partial charge is 0.407 e. The van der Waals surface area contributed by atoms with Crippen molar-refractivity contribution in [2.24, 2.45) is 11.8 Å². The summed E-state index contributed by atoms with van der Waals surface area (Å²) in [6, 6.07) is 0. The van der Waals surface area contributed by atoms with Gasteiger partial charge < -0.3 is 15.2 Å². The Bertz CT molecular complexity index is 327. The molecule has 0 atom stereocenters. The van der Waals surface area contributed by atoms with Crippen molar-refractivity contribution >= 4 is 12.1 Å². The molecule has 0 saturated heterocycles. The molecule has 5 heteroatoms. The van der Waals surface area contributed by atoms with Crippen LogP contribution in [0.1, 0.15) is 59.3 Å². The number of hydrogen-bond donors (Lipinski definition) is 2. The van der Waals surface area contributed by atoms with Gasteiger partial charge in [-0.15, -0.1) is 0 Å². The van der Waals surface area contributed by atoms with E-state index in [0.717, 1.165) is 32.1 Å². The number of alkyl carbamates (subject to hydrolysis) is 1. The number of amides is 1. The first-order valence-corrected chi connectivity index (χ1v) is 7.45. The number of carbonyl (C=O) groups is 2. The third-order valence-electron chi connectivity index (χ3n) is 3.67. The Morgan fingerprint density at radius 2 is 1.70 bits per heavy atom. The van der Waals surface area contributed by atoms with Crippen molar-refractivity contribution in [1.82, 2.24) is 5.32 Å². The summed E-state index contributed by atoms with van der Waals surface area (Å²) in [5.74, 6) is 0.311. The van der Waals surface area contributed by atoms with E-state index in [9.17, 15) is 9.59 Å². The first-order valence-electron chi connectivity index (χ1n) is 7.45. The average molecular weight is 285 g/mol. The lowest BCUT2D eigenvalue weighted by atomic mass is 9.80. The minimum absolute atomic E-state index is 0.269. The predicted molar refractivity (Wildman–Crippen MR) is 76.6 cm³/mol. The van der Waals surface area contributed by atoms with Gasteiger partial charge in [0.25, 0.3) is 0 Å². The molecule has 116 valence electrons. The molecule has 0 radical (unpaired) electrons. The Morgan fingerprint density at radius 3 is 2.20 bits per heavy atom. The molecule has 0 aromatic carbocycles. The summed E-state index contributed by atoms with van der Waals surface area (Å²) in [6.07, 6.45) is 4.93. The van der Waals surface area contributed by atoms with Gasteiger partial charge in [-0.25, -0.2) is 4.79 Å². The third-order valence-corrected chi connectivity index (χ3v) is 3.67. The molecule has 5 nitrogen and oxygen atoms in total. The average Bonchev–Trinajstić information content (AvgIpc) is 2.33. The van der Waals surface area contributed by atoms with Gasteiger partial charge in [-0.1, -0.05) is 12.8 Å². The predicted octanol–water partition coefficient (Wildman–Crippen LogP) is 3.18. The van der Waals surface area contributed by atoms with Gasteiger partial charge in [-0.2, -0.15) is 0 Å². The molecule has 0 aromatic rings. The fraction of sp³-hybridized carbons (Fsp3) is 0.867. The maximum absolute atomic E-state index is 11.5. The second-order valence-electron chi connectivity index (χ2n) is 6.70. The third kappa shape index (κ3) is 7.36. The van der Waals surface area contributed by atoms with E-state index in [2.05, 4.69) is 5.32 Å². The quantitative estimate of drug-likeness (QED) is 0.813. The highest BCUT2D eigenvalue weighted by atomic mass is 16.6. The lowest BCUT2D eigenvalue weighted by Crippen LogP contribution is -2.36. The second kappa shape index (κ2) is 7.50. The molecule has 1 saturated carbocycles. The number of carbonyl (C=O) groups excluding carboxylic acids is 1. The van der Waals surface area contributed by atoms with Crippen LogP contribution in [0.2, 0.25) is 0 Å². The molecule has 0 unspecified atom stereocenters. The van der Waals surface area contributed by atoms with Crippen molar-refractivity contribution < 1.29 is 19.4 Å². The molecule has 0 aromatic heterocycles. The summed E-state index contributed by atoms with van der Waals surface area (Å²) in [5.41, 5.74) is -0.460. The summed E-state index contributed by atoms with van der Waals surface area (Å²) >= 11 is 0. The molecule has 2 N–H and O–H groups in total. The normalized spacial score (nSPS) is 23.1. The number of aliphatic carboxylic acids is 1. The van der Waals surface area contributed by atoms with E-state index in [0.29, 0.717) is 18.4 Å². The van der Waals surface area contributed by atoms with E-state index in [1.807, 2.05) is 20.8 Å². The largest absolute Gasteiger partial charge is 0.481 e. The first-order chi connectivity index (χ1) is 9.26. The molecule has 1 amide bonds. The van der Waals surface area contributed by atoms with E-state index >= 15 is 0 Å². The summed E-state index contributed by atoms with van der Waals surface area (Å²) < 4.78 is 5.20. The monoisotopic (exact) mass is 285 g/mol. The summed E-state index contributed by atoms with van der Waals surface area (Å²) in [7, 11) is 0. The van der Waals surface area contributed by atoms with Crippen LogP contribution < -0.4 is 5.32 Å². The van der Waals surface area contributed by atoms with Crippen LogP contribution in [0.4, 0.5) is 4.79 Å². The van der Waals surface area contributed by atoms with Gasteiger partial charge in [0.05, 0.1) is 0 Å². The Kier molecular flexibility index (Phi) is 6.30. The van der Waals surface area contributed by atoms with E-state index in [4.69, 9.17) is 9.84 Å². The molecule has 0 heterocycles. The number of nitrogens with one attached hydrogen (secondary N) is 1. The molecular weight excluding hydrogens is 258 g/mol. The zero-order valence-electron chi connectivity index (χ0n) is 12.8. The van der Waals surface area contributed by atoms with E-state index < -0.39 is 11.6 Å². The van der Waals surface area contributed by atoms with Crippen molar-refractivity contribution in [2.45, 2.75) is 64.9 Å². The Labute approximate surface area is 121 Å². The minimum atomic E-state index is -0.710. The van der Waals surface area contributed by atoms with Crippen LogP contribution >= 0.6 is 0 Å². The molecule has 0 aliphatic heterocycles. The molecule has 0 spiro atoms. The summed E-state index contributed by atoms with van der Waals surface area (Å²) in [5, 5.41) is 11.5. The van der Waals surface area contributed by atoms with Gasteiger partial charge in [-0.05, 0) is 51.9 Å². The van der Waals surface area contributed by atoms with Crippen molar-refractivity contribution in [1.29, 1.82) is 0 Å².